The van der Waals surface area contributed by atoms with Gasteiger partial charge in [0, 0.05) is 69.3 Å². The topological polar surface area (TPSA) is 208 Å². The van der Waals surface area contributed by atoms with Gasteiger partial charge in [-0.05, 0) is 82.6 Å². The number of benzene rings is 2. The third-order valence-electron chi connectivity index (χ3n) is 15.6. The third-order valence-corrected chi connectivity index (χ3v) is 15.6. The first-order chi connectivity index (χ1) is 30.5. The zero-order chi connectivity index (χ0) is 45.7. The summed E-state index contributed by atoms with van der Waals surface area (Å²) in [6, 6.07) is 7.07. The van der Waals surface area contributed by atoms with Crippen LogP contribution in [-0.2, 0) is 61.9 Å². The van der Waals surface area contributed by atoms with Crippen LogP contribution >= 0.6 is 0 Å². The molecule has 4 bridgehead atoms. The highest BCUT2D eigenvalue weighted by molar-refractivity contribution is 5.91. The number of carbonyl (C=O) groups excluding carboxylic acids is 5. The fraction of sp³-hybridized carbons (Fsp3) is 0.562. The predicted octanol–water partition coefficient (Wildman–Crippen LogP) is 2.70. The Labute approximate surface area is 371 Å². The molecule has 5 fully saturated rings. The lowest BCUT2D eigenvalue weighted by Crippen LogP contribution is -2.76. The fourth-order valence-electron chi connectivity index (χ4n) is 12.6. The van der Waals surface area contributed by atoms with Gasteiger partial charge < -0.3 is 43.7 Å². The molecule has 5 heterocycles. The molecule has 3 N–H and O–H groups in total. The van der Waals surface area contributed by atoms with Gasteiger partial charge in [-0.15, -0.1) is 13.2 Å². The number of carbonyl (C=O) groups is 5. The van der Waals surface area contributed by atoms with E-state index < -0.39 is 70.5 Å². The minimum atomic E-state index is -1.08. The Bertz CT molecular complexity index is 2330. The number of rotatable bonds is 7. The minimum Gasteiger partial charge on any atom is -0.504 e. The van der Waals surface area contributed by atoms with Crippen LogP contribution in [0.25, 0.3) is 0 Å². The lowest BCUT2D eigenvalue weighted by atomic mass is 9.49. The SMILES string of the molecule is C=CCN1CC[C@]23c4c5ccc(O)c4O[C@H]2C(=O)CC[C@@]3(O)[C@H]1C5.C=CCN1CC[C@]23c4c5ccc(OC(=O)C(C)OC)c4O[C@H]2C(=O)CC[C@@]3(O)[C@H]1C5.CC1OC(=O)C(C)OC1=O. The van der Waals surface area contributed by atoms with Crippen LogP contribution in [0.4, 0.5) is 0 Å². The van der Waals surface area contributed by atoms with Crippen molar-refractivity contribution in [2.75, 3.05) is 33.3 Å². The number of phenols is 1. The van der Waals surface area contributed by atoms with E-state index in [9.17, 15) is 39.3 Å². The molecule has 2 spiro atoms. The largest absolute Gasteiger partial charge is 0.504 e. The second kappa shape index (κ2) is 15.8. The van der Waals surface area contributed by atoms with Crippen LogP contribution in [0.15, 0.2) is 49.6 Å². The maximum Gasteiger partial charge on any atom is 0.347 e. The highest BCUT2D eigenvalue weighted by atomic mass is 16.6. The first-order valence-electron chi connectivity index (χ1n) is 22.2. The number of hydrogen-bond acceptors (Lipinski definition) is 16. The summed E-state index contributed by atoms with van der Waals surface area (Å²) in [5.74, 6) is -0.241. The predicted molar refractivity (Wildman–Crippen MR) is 226 cm³/mol. The number of piperidine rings is 2. The Balaban J connectivity index is 0.000000136. The Morgan fingerprint density at radius 1 is 0.766 bits per heavy atom. The number of Topliss-reactive ketones (excluding diaryl/α,β-unsaturated/α-hetero) is 2. The Hall–Kier alpha value is -5.13. The normalized spacial score (nSPS) is 36.2. The fourth-order valence-corrected chi connectivity index (χ4v) is 12.6. The lowest BCUT2D eigenvalue weighted by Gasteiger charge is -2.62. The van der Waals surface area contributed by atoms with Gasteiger partial charge in [-0.1, -0.05) is 24.3 Å². The van der Waals surface area contributed by atoms with E-state index in [2.05, 4.69) is 32.4 Å². The van der Waals surface area contributed by atoms with Crippen molar-refractivity contribution in [1.29, 1.82) is 0 Å². The molecule has 2 aromatic carbocycles. The number of aromatic hydroxyl groups is 1. The quantitative estimate of drug-likeness (QED) is 0.208. The van der Waals surface area contributed by atoms with Gasteiger partial charge >= 0.3 is 17.9 Å². The number of aliphatic hydroxyl groups is 2. The van der Waals surface area contributed by atoms with Crippen LogP contribution in [0.5, 0.6) is 23.0 Å². The van der Waals surface area contributed by atoms with Crippen molar-refractivity contribution in [3.63, 3.8) is 0 Å². The second-order valence-electron chi connectivity index (χ2n) is 18.6. The molecule has 342 valence electrons. The summed E-state index contributed by atoms with van der Waals surface area (Å²) in [5, 5.41) is 34.2. The number of ether oxygens (including phenoxy) is 6. The molecule has 3 unspecified atom stereocenters. The van der Waals surface area contributed by atoms with Crippen molar-refractivity contribution in [3.8, 4) is 23.0 Å². The number of methoxy groups -OCH3 is 1. The standard InChI is InChI=1S/C23H27NO6.C19H21NO4.C6H8O4/c1-4-10-24-11-9-22-18-14-5-6-16(29-21(26)13(2)28-3)19(18)30-20(22)15(25)7-8-23(22,27)17(24)12-14;1-2-8-20-9-7-18-15-11-3-4-12(21)16(15)24-17(18)13(22)5-6-19(18,23)14(20)10-11;1-3-5(7)10-4(2)6(8)9-3/h4-6,13,17,20,27H,1,7-12H2,2-3H3;2-4,14,17,21,23H,1,5-10H2;3-4H,1-2H3/t13?,17-,20+,22+,23-;14-,17+,18+,19-;/m11./s1. The monoisotopic (exact) mass is 884 g/mol. The zero-order valence-electron chi connectivity index (χ0n) is 36.6. The Kier molecular flexibility index (Phi) is 10.9. The number of nitrogens with zero attached hydrogens (tertiary/aromatic N) is 2. The molecular formula is C48H56N2O14. The minimum absolute atomic E-state index is 0.00202. The Morgan fingerprint density at radius 3 is 1.72 bits per heavy atom. The number of likely N-dealkylation sites (tertiary alicyclic amines) is 2. The van der Waals surface area contributed by atoms with E-state index in [1.807, 2.05) is 24.3 Å². The number of phenolic OH excluding ortho intramolecular Hbond substituents is 1. The van der Waals surface area contributed by atoms with Crippen LogP contribution in [0.2, 0.25) is 0 Å². The molecule has 11 rings (SSSR count). The maximum absolute atomic E-state index is 13.0. The Morgan fingerprint density at radius 2 is 1.23 bits per heavy atom. The smallest absolute Gasteiger partial charge is 0.347 e. The highest BCUT2D eigenvalue weighted by Gasteiger charge is 2.74. The lowest BCUT2D eigenvalue weighted by molar-refractivity contribution is -0.191. The van der Waals surface area contributed by atoms with E-state index in [0.29, 0.717) is 63.0 Å². The van der Waals surface area contributed by atoms with E-state index in [4.69, 9.17) is 18.9 Å². The van der Waals surface area contributed by atoms with Crippen LogP contribution in [0, 0.1) is 0 Å². The first kappa shape index (κ1) is 44.1. The molecule has 64 heavy (non-hydrogen) atoms. The highest BCUT2D eigenvalue weighted by Crippen LogP contribution is 2.66. The summed E-state index contributed by atoms with van der Waals surface area (Å²) < 4.78 is 32.1. The van der Waals surface area contributed by atoms with Crippen LogP contribution in [0.3, 0.4) is 0 Å². The molecule has 3 saturated heterocycles. The van der Waals surface area contributed by atoms with Gasteiger partial charge in [-0.3, -0.25) is 19.4 Å². The van der Waals surface area contributed by atoms with Crippen molar-refractivity contribution in [2.24, 2.45) is 0 Å². The van der Waals surface area contributed by atoms with Crippen molar-refractivity contribution in [1.82, 2.24) is 9.80 Å². The van der Waals surface area contributed by atoms with Gasteiger partial charge in [0.2, 0.25) is 0 Å². The maximum atomic E-state index is 13.0. The van der Waals surface area contributed by atoms with Crippen molar-refractivity contribution >= 4 is 29.5 Å². The van der Waals surface area contributed by atoms with Gasteiger partial charge in [0.05, 0.1) is 22.0 Å². The molecule has 5 aliphatic heterocycles. The van der Waals surface area contributed by atoms with Gasteiger partial charge in [0.25, 0.3) is 0 Å². The van der Waals surface area contributed by atoms with Crippen LogP contribution in [-0.4, -0.2) is 142 Å². The third kappa shape index (κ3) is 6.08. The summed E-state index contributed by atoms with van der Waals surface area (Å²) in [6.07, 6.45) is 4.19. The average molecular weight is 885 g/mol. The van der Waals surface area contributed by atoms with Crippen LogP contribution < -0.4 is 14.2 Å². The number of esters is 3. The van der Waals surface area contributed by atoms with Crippen LogP contribution in [0.1, 0.15) is 81.5 Å². The second-order valence-corrected chi connectivity index (χ2v) is 18.6. The molecule has 9 aliphatic rings. The van der Waals surface area contributed by atoms with E-state index in [1.165, 1.54) is 21.0 Å². The van der Waals surface area contributed by atoms with E-state index in [0.717, 1.165) is 41.9 Å². The molecular weight excluding hydrogens is 829 g/mol. The summed E-state index contributed by atoms with van der Waals surface area (Å²) in [5.41, 5.74) is 0.279. The summed E-state index contributed by atoms with van der Waals surface area (Å²) >= 11 is 0. The van der Waals surface area contributed by atoms with E-state index in [-0.39, 0.29) is 41.6 Å². The molecule has 0 amide bonds. The van der Waals surface area contributed by atoms with Crippen molar-refractivity contribution in [2.45, 2.75) is 137 Å². The molecule has 11 atom stereocenters. The average Bonchev–Trinajstić information content (AvgIpc) is 3.82. The van der Waals surface area contributed by atoms with E-state index >= 15 is 0 Å². The van der Waals surface area contributed by atoms with Gasteiger partial charge in [0.15, 0.2) is 65.1 Å². The number of ketones is 2. The molecule has 2 aromatic rings. The summed E-state index contributed by atoms with van der Waals surface area (Å²) in [7, 11) is 1.44. The number of hydrogen-bond donors (Lipinski definition) is 3. The first-order valence-corrected chi connectivity index (χ1v) is 22.2. The number of cyclic esters (lactones) is 2. The summed E-state index contributed by atoms with van der Waals surface area (Å²) in [4.78, 5) is 63.8. The zero-order valence-corrected chi connectivity index (χ0v) is 36.6. The van der Waals surface area contributed by atoms with Gasteiger partial charge in [-0.25, -0.2) is 14.4 Å². The molecule has 0 radical (unpaired) electrons. The molecule has 4 aliphatic carbocycles. The van der Waals surface area contributed by atoms with Gasteiger partial charge in [-0.2, -0.15) is 0 Å². The molecule has 16 heteroatoms. The van der Waals surface area contributed by atoms with E-state index in [1.54, 1.807) is 19.1 Å². The summed E-state index contributed by atoms with van der Waals surface area (Å²) in [6.45, 7) is 15.2. The molecule has 16 nitrogen and oxygen atoms in total. The van der Waals surface area contributed by atoms with Crippen molar-refractivity contribution in [3.05, 3.63) is 71.8 Å². The van der Waals surface area contributed by atoms with Gasteiger partial charge in [0.1, 0.15) is 0 Å². The van der Waals surface area contributed by atoms with Crippen molar-refractivity contribution < 1.29 is 67.7 Å². The molecule has 0 aromatic heterocycles. The molecule has 2 saturated carbocycles.